The van der Waals surface area contributed by atoms with Crippen molar-refractivity contribution in [3.05, 3.63) is 75.4 Å². The topological polar surface area (TPSA) is 54.4 Å². The molecule has 0 saturated heterocycles. The molecule has 0 radical (unpaired) electrons. The summed E-state index contributed by atoms with van der Waals surface area (Å²) >= 11 is 3.40. The van der Waals surface area contributed by atoms with Crippen molar-refractivity contribution in [2.75, 3.05) is 0 Å². The van der Waals surface area contributed by atoms with Crippen LogP contribution in [0, 0.1) is 13.8 Å². The second-order valence-electron chi connectivity index (χ2n) is 5.52. The van der Waals surface area contributed by atoms with Crippen molar-refractivity contribution in [3.8, 4) is 0 Å². The fourth-order valence-corrected chi connectivity index (χ4v) is 2.90. The Morgan fingerprint density at radius 2 is 1.96 bits per heavy atom. The Morgan fingerprint density at radius 3 is 2.75 bits per heavy atom. The minimum atomic E-state index is -0.269. The summed E-state index contributed by atoms with van der Waals surface area (Å²) in [5, 5.41) is 4.97. The minimum Gasteiger partial charge on any atom is -0.267 e. The van der Waals surface area contributed by atoms with Gasteiger partial charge in [0.25, 0.3) is 5.91 Å². The average Bonchev–Trinajstić information content (AvgIpc) is 2.55. The predicted molar refractivity (Wildman–Crippen MR) is 100 cm³/mol. The Morgan fingerprint density at radius 1 is 1.17 bits per heavy atom. The summed E-state index contributed by atoms with van der Waals surface area (Å²) in [6, 6.07) is 15.5. The van der Waals surface area contributed by atoms with Gasteiger partial charge in [-0.25, -0.2) is 5.43 Å². The van der Waals surface area contributed by atoms with E-state index in [2.05, 4.69) is 31.4 Å². The van der Waals surface area contributed by atoms with Gasteiger partial charge in [0.05, 0.1) is 23.0 Å². The van der Waals surface area contributed by atoms with Crippen LogP contribution in [-0.4, -0.2) is 17.1 Å². The van der Waals surface area contributed by atoms with E-state index in [1.165, 1.54) is 0 Å². The molecule has 1 heterocycles. The fourth-order valence-electron chi connectivity index (χ4n) is 2.48. The van der Waals surface area contributed by atoms with E-state index in [1.807, 2.05) is 62.4 Å². The summed E-state index contributed by atoms with van der Waals surface area (Å²) in [6.07, 6.45) is 1.61. The third kappa shape index (κ3) is 3.51. The first-order valence-electron chi connectivity index (χ1n) is 7.50. The van der Waals surface area contributed by atoms with Crippen molar-refractivity contribution in [1.82, 2.24) is 10.4 Å². The van der Waals surface area contributed by atoms with Gasteiger partial charge >= 0.3 is 0 Å². The first kappa shape index (κ1) is 16.3. The molecule has 0 aliphatic rings. The monoisotopic (exact) mass is 381 g/mol. The first-order chi connectivity index (χ1) is 11.5. The van der Waals surface area contributed by atoms with Crippen LogP contribution in [0.15, 0.2) is 58.1 Å². The van der Waals surface area contributed by atoms with Crippen molar-refractivity contribution in [1.29, 1.82) is 0 Å². The highest BCUT2D eigenvalue weighted by atomic mass is 79.9. The van der Waals surface area contributed by atoms with Crippen LogP contribution in [0.25, 0.3) is 10.9 Å². The molecule has 0 aliphatic carbocycles. The van der Waals surface area contributed by atoms with Crippen LogP contribution < -0.4 is 5.43 Å². The van der Waals surface area contributed by atoms with Crippen molar-refractivity contribution < 1.29 is 4.79 Å². The molecular formula is C19H16BrN3O. The number of nitrogens with zero attached hydrogens (tertiary/aromatic N) is 2. The number of hydrogen-bond acceptors (Lipinski definition) is 3. The zero-order valence-corrected chi connectivity index (χ0v) is 15.0. The molecule has 4 nitrogen and oxygen atoms in total. The lowest BCUT2D eigenvalue weighted by atomic mass is 10.1. The van der Waals surface area contributed by atoms with Crippen molar-refractivity contribution in [2.24, 2.45) is 5.10 Å². The Balaban J connectivity index is 1.82. The summed E-state index contributed by atoms with van der Waals surface area (Å²) in [5.74, 6) is -0.269. The van der Waals surface area contributed by atoms with Gasteiger partial charge in [0, 0.05) is 9.86 Å². The van der Waals surface area contributed by atoms with Crippen molar-refractivity contribution in [2.45, 2.75) is 13.8 Å². The number of pyridine rings is 1. The lowest BCUT2D eigenvalue weighted by molar-refractivity contribution is 0.0954. The lowest BCUT2D eigenvalue weighted by Gasteiger charge is -2.07. The van der Waals surface area contributed by atoms with Gasteiger partial charge in [-0.15, -0.1) is 0 Å². The third-order valence-electron chi connectivity index (χ3n) is 3.71. The van der Waals surface area contributed by atoms with Crippen LogP contribution in [0.4, 0.5) is 0 Å². The highest BCUT2D eigenvalue weighted by Crippen LogP contribution is 2.19. The van der Waals surface area contributed by atoms with Crippen LogP contribution in [0.2, 0.25) is 0 Å². The second kappa shape index (κ2) is 6.93. The molecule has 24 heavy (non-hydrogen) atoms. The maximum absolute atomic E-state index is 12.4. The van der Waals surface area contributed by atoms with E-state index < -0.39 is 0 Å². The van der Waals surface area contributed by atoms with E-state index in [4.69, 9.17) is 0 Å². The standard InChI is InChI=1S/C19H16BrN3O/c1-12-5-3-7-15-10-17(13(2)22-18(12)15)19(24)23-21-11-14-6-4-8-16(20)9-14/h3-11H,1-2H3,(H,23,24)/b21-11-. The zero-order chi connectivity index (χ0) is 17.1. The zero-order valence-electron chi connectivity index (χ0n) is 13.4. The highest BCUT2D eigenvalue weighted by molar-refractivity contribution is 9.10. The maximum atomic E-state index is 12.4. The lowest BCUT2D eigenvalue weighted by Crippen LogP contribution is -2.19. The molecule has 0 fully saturated rings. The highest BCUT2D eigenvalue weighted by Gasteiger charge is 2.11. The SMILES string of the molecule is Cc1nc2c(C)cccc2cc1C(=O)N/N=C\c1cccc(Br)c1. The van der Waals surface area contributed by atoms with Gasteiger partial charge in [0.15, 0.2) is 0 Å². The number of nitrogens with one attached hydrogen (secondary N) is 1. The number of aromatic nitrogens is 1. The summed E-state index contributed by atoms with van der Waals surface area (Å²) in [6.45, 7) is 3.84. The molecule has 0 bridgehead atoms. The second-order valence-corrected chi connectivity index (χ2v) is 6.44. The van der Waals surface area contributed by atoms with Crippen LogP contribution >= 0.6 is 15.9 Å². The smallest absolute Gasteiger partial charge is 0.267 e. The molecule has 1 N–H and O–H groups in total. The number of aryl methyl sites for hydroxylation is 2. The number of hydrazone groups is 1. The van der Waals surface area contributed by atoms with E-state index in [-0.39, 0.29) is 5.91 Å². The van der Waals surface area contributed by atoms with Gasteiger partial charge in [-0.05, 0) is 43.2 Å². The Kier molecular flexibility index (Phi) is 4.71. The number of halogens is 1. The van der Waals surface area contributed by atoms with E-state index in [0.717, 1.165) is 26.5 Å². The Bertz CT molecular complexity index is 950. The van der Waals surface area contributed by atoms with Crippen LogP contribution in [0.1, 0.15) is 27.2 Å². The number of amides is 1. The molecule has 3 rings (SSSR count). The molecule has 0 spiro atoms. The van der Waals surface area contributed by atoms with Crippen molar-refractivity contribution in [3.63, 3.8) is 0 Å². The molecule has 3 aromatic rings. The summed E-state index contributed by atoms with van der Waals surface area (Å²) < 4.78 is 0.961. The molecule has 120 valence electrons. The normalized spacial score (nSPS) is 11.1. The molecule has 0 atom stereocenters. The van der Waals surface area contributed by atoms with E-state index in [9.17, 15) is 4.79 Å². The Hall–Kier alpha value is -2.53. The van der Waals surface area contributed by atoms with Crippen LogP contribution in [0.5, 0.6) is 0 Å². The minimum absolute atomic E-state index is 0.269. The largest absolute Gasteiger partial charge is 0.273 e. The molecule has 1 amide bonds. The van der Waals surface area contributed by atoms with Gasteiger partial charge in [-0.2, -0.15) is 5.10 Å². The molecule has 0 aliphatic heterocycles. The predicted octanol–water partition coefficient (Wildman–Crippen LogP) is 4.38. The number of fused-ring (bicyclic) bond motifs is 1. The van der Waals surface area contributed by atoms with E-state index in [1.54, 1.807) is 6.21 Å². The third-order valence-corrected chi connectivity index (χ3v) is 4.20. The molecule has 2 aromatic carbocycles. The van der Waals surface area contributed by atoms with Crippen LogP contribution in [0.3, 0.4) is 0 Å². The number of hydrogen-bond donors (Lipinski definition) is 1. The molecular weight excluding hydrogens is 366 g/mol. The quantitative estimate of drug-likeness (QED) is 0.540. The van der Waals surface area contributed by atoms with E-state index in [0.29, 0.717) is 11.3 Å². The molecule has 1 aromatic heterocycles. The van der Waals surface area contributed by atoms with Gasteiger partial charge in [-0.3, -0.25) is 9.78 Å². The number of para-hydroxylation sites is 1. The van der Waals surface area contributed by atoms with Gasteiger partial charge in [0.2, 0.25) is 0 Å². The fraction of sp³-hybridized carbons (Fsp3) is 0.105. The molecule has 5 heteroatoms. The summed E-state index contributed by atoms with van der Waals surface area (Å²) in [4.78, 5) is 16.9. The summed E-state index contributed by atoms with van der Waals surface area (Å²) in [7, 11) is 0. The number of rotatable bonds is 3. The number of carbonyl (C=O) groups excluding carboxylic acids is 1. The number of benzene rings is 2. The van der Waals surface area contributed by atoms with Crippen molar-refractivity contribution >= 4 is 39.0 Å². The van der Waals surface area contributed by atoms with Crippen LogP contribution in [-0.2, 0) is 0 Å². The van der Waals surface area contributed by atoms with Gasteiger partial charge in [0.1, 0.15) is 0 Å². The average molecular weight is 382 g/mol. The Labute approximate surface area is 148 Å². The number of carbonyl (C=O) groups is 1. The molecule has 0 saturated carbocycles. The van der Waals surface area contributed by atoms with E-state index >= 15 is 0 Å². The molecule has 0 unspecified atom stereocenters. The summed E-state index contributed by atoms with van der Waals surface area (Å²) in [5.41, 5.74) is 6.69. The first-order valence-corrected chi connectivity index (χ1v) is 8.30. The van der Waals surface area contributed by atoms with Gasteiger partial charge < -0.3 is 0 Å². The maximum Gasteiger partial charge on any atom is 0.273 e. The van der Waals surface area contributed by atoms with Gasteiger partial charge in [-0.1, -0.05) is 46.3 Å².